The Morgan fingerprint density at radius 1 is 1.50 bits per heavy atom. The fourth-order valence-electron chi connectivity index (χ4n) is 0.715. The van der Waals surface area contributed by atoms with Gasteiger partial charge in [0.2, 0.25) is 0 Å². The third-order valence-electron chi connectivity index (χ3n) is 1.92. The minimum atomic E-state index is -1.12. The van der Waals surface area contributed by atoms with Crippen molar-refractivity contribution in [2.75, 3.05) is 0 Å². The van der Waals surface area contributed by atoms with Gasteiger partial charge in [0.15, 0.2) is 5.78 Å². The van der Waals surface area contributed by atoms with Gasteiger partial charge in [-0.05, 0) is 13.3 Å². The van der Waals surface area contributed by atoms with Crippen molar-refractivity contribution in [2.24, 2.45) is 10.9 Å². The lowest BCUT2D eigenvalue weighted by Crippen LogP contribution is -2.11. The number of rotatable bonds is 5. The predicted molar refractivity (Wildman–Crippen MR) is 54.3 cm³/mol. The molecule has 0 spiro atoms. The van der Waals surface area contributed by atoms with Crippen LogP contribution in [0.5, 0.6) is 0 Å². The molecule has 0 fully saturated rings. The van der Waals surface area contributed by atoms with Crippen molar-refractivity contribution in [1.82, 2.24) is 0 Å². The minimum absolute atomic E-state index is 0.106. The van der Waals surface area contributed by atoms with Crippen LogP contribution in [0.3, 0.4) is 0 Å². The molecule has 1 N–H and O–H groups in total. The third kappa shape index (κ3) is 3.98. The number of hydrogen-bond acceptors (Lipinski definition) is 3. The summed E-state index contributed by atoms with van der Waals surface area (Å²) in [4.78, 5) is 25.3. The monoisotopic (exact) mass is 197 g/mol. The molecule has 0 aliphatic heterocycles. The number of ketones is 1. The summed E-state index contributed by atoms with van der Waals surface area (Å²) in [6, 6.07) is 0. The fraction of sp³-hybridized carbons (Fsp3) is 0.500. The first-order valence-electron chi connectivity index (χ1n) is 4.50. The summed E-state index contributed by atoms with van der Waals surface area (Å²) >= 11 is 0. The second-order valence-corrected chi connectivity index (χ2v) is 2.95. The average Bonchev–Trinajstić information content (AvgIpc) is 2.16. The molecule has 0 heterocycles. The van der Waals surface area contributed by atoms with E-state index in [1.165, 1.54) is 6.08 Å². The molecule has 0 aliphatic rings. The van der Waals surface area contributed by atoms with E-state index in [1.54, 1.807) is 13.8 Å². The molecule has 0 saturated carbocycles. The summed E-state index contributed by atoms with van der Waals surface area (Å²) < 4.78 is 0. The van der Waals surface area contributed by atoms with Crippen molar-refractivity contribution in [3.8, 4) is 0 Å². The van der Waals surface area contributed by atoms with Crippen LogP contribution in [0.25, 0.3) is 0 Å². The Morgan fingerprint density at radius 2 is 2.07 bits per heavy atom. The number of carbonyl (C=O) groups excluding carboxylic acids is 1. The van der Waals surface area contributed by atoms with Gasteiger partial charge in [0.25, 0.3) is 0 Å². The van der Waals surface area contributed by atoms with Gasteiger partial charge in [0.05, 0.1) is 6.21 Å². The van der Waals surface area contributed by atoms with Gasteiger partial charge in [-0.15, -0.1) is 0 Å². The predicted octanol–water partition coefficient (Wildman–Crippen LogP) is 1.66. The van der Waals surface area contributed by atoms with Gasteiger partial charge < -0.3 is 5.11 Å². The molecule has 4 nitrogen and oxygen atoms in total. The molecule has 0 saturated heterocycles. The molecule has 0 aromatic heterocycles. The number of carboxylic acids is 1. The van der Waals surface area contributed by atoms with E-state index in [2.05, 4.69) is 4.99 Å². The zero-order chi connectivity index (χ0) is 11.1. The van der Waals surface area contributed by atoms with Crippen LogP contribution in [-0.4, -0.2) is 23.1 Å². The highest BCUT2D eigenvalue weighted by Gasteiger charge is 2.08. The van der Waals surface area contributed by atoms with Crippen LogP contribution < -0.4 is 0 Å². The quantitative estimate of drug-likeness (QED) is 0.538. The molecule has 4 heteroatoms. The lowest BCUT2D eigenvalue weighted by Gasteiger charge is -2.00. The van der Waals surface area contributed by atoms with E-state index < -0.39 is 5.97 Å². The lowest BCUT2D eigenvalue weighted by atomic mass is 10.1. The molecular weight excluding hydrogens is 182 g/mol. The van der Waals surface area contributed by atoms with Gasteiger partial charge in [0, 0.05) is 5.92 Å². The molecule has 1 atom stereocenters. The van der Waals surface area contributed by atoms with Crippen LogP contribution in [0, 0.1) is 5.92 Å². The number of aliphatic carboxylic acids is 1. The normalized spacial score (nSPS) is 14.4. The topological polar surface area (TPSA) is 66.7 Å². The van der Waals surface area contributed by atoms with Crippen molar-refractivity contribution in [3.63, 3.8) is 0 Å². The maximum atomic E-state index is 11.2. The molecule has 0 amide bonds. The maximum Gasteiger partial charge on any atom is 0.354 e. The zero-order valence-electron chi connectivity index (χ0n) is 8.65. The van der Waals surface area contributed by atoms with Crippen molar-refractivity contribution < 1.29 is 14.7 Å². The van der Waals surface area contributed by atoms with Gasteiger partial charge in [-0.2, -0.15) is 0 Å². The highest BCUT2D eigenvalue weighted by atomic mass is 16.4. The summed E-state index contributed by atoms with van der Waals surface area (Å²) in [5.74, 6) is -1.38. The minimum Gasteiger partial charge on any atom is -0.477 e. The van der Waals surface area contributed by atoms with E-state index in [0.29, 0.717) is 0 Å². The fourth-order valence-corrected chi connectivity index (χ4v) is 0.715. The van der Waals surface area contributed by atoms with Crippen molar-refractivity contribution in [3.05, 3.63) is 11.8 Å². The van der Waals surface area contributed by atoms with E-state index in [4.69, 9.17) is 5.11 Å². The number of allylic oxidation sites excluding steroid dienone is 1. The van der Waals surface area contributed by atoms with E-state index in [9.17, 15) is 9.59 Å². The van der Waals surface area contributed by atoms with Crippen LogP contribution in [-0.2, 0) is 9.59 Å². The Bertz CT molecular complexity index is 279. The summed E-state index contributed by atoms with van der Waals surface area (Å²) in [6.07, 6.45) is 3.16. The van der Waals surface area contributed by atoms with Gasteiger partial charge in [-0.25, -0.2) is 9.79 Å². The molecular formula is C10H15NO3. The first kappa shape index (κ1) is 12.6. The first-order chi connectivity index (χ1) is 6.52. The summed E-state index contributed by atoms with van der Waals surface area (Å²) in [7, 11) is 0. The maximum absolute atomic E-state index is 11.2. The van der Waals surface area contributed by atoms with Gasteiger partial charge in [-0.3, -0.25) is 4.79 Å². The van der Waals surface area contributed by atoms with Gasteiger partial charge in [0.1, 0.15) is 5.70 Å². The van der Waals surface area contributed by atoms with Gasteiger partial charge >= 0.3 is 5.97 Å². The van der Waals surface area contributed by atoms with Crippen molar-refractivity contribution in [1.29, 1.82) is 0 Å². The molecule has 0 aromatic carbocycles. The molecule has 0 bridgehead atoms. The van der Waals surface area contributed by atoms with Crippen molar-refractivity contribution >= 4 is 18.0 Å². The summed E-state index contributed by atoms with van der Waals surface area (Å²) in [5, 5.41) is 8.59. The molecule has 1 unspecified atom stereocenters. The SMILES string of the molecule is C/C=C(\N=CC(=O)C(C)CC)C(=O)O. The number of Topliss-reactive ketones (excluding diaryl/α,β-unsaturated/α-hetero) is 1. The highest BCUT2D eigenvalue weighted by molar-refractivity contribution is 6.28. The summed E-state index contributed by atoms with van der Waals surface area (Å²) in [5.41, 5.74) is -0.110. The Morgan fingerprint density at radius 3 is 2.43 bits per heavy atom. The standard InChI is InChI=1S/C10H15NO3/c1-4-7(3)9(12)6-11-8(5-2)10(13)14/h5-7H,4H2,1-3H3,(H,13,14)/b8-5-,11-6?. The number of hydrogen-bond donors (Lipinski definition) is 1. The molecule has 0 rings (SSSR count). The average molecular weight is 197 g/mol. The van der Waals surface area contributed by atoms with Crippen LogP contribution in [0.15, 0.2) is 16.8 Å². The molecule has 0 radical (unpaired) electrons. The lowest BCUT2D eigenvalue weighted by molar-refractivity contribution is -0.132. The Labute approximate surface area is 83.3 Å². The van der Waals surface area contributed by atoms with E-state index in [0.717, 1.165) is 12.6 Å². The van der Waals surface area contributed by atoms with E-state index in [1.807, 2.05) is 6.92 Å². The van der Waals surface area contributed by atoms with Crippen LogP contribution in [0.1, 0.15) is 27.2 Å². The Balaban J connectivity index is 4.44. The van der Waals surface area contributed by atoms with Crippen molar-refractivity contribution in [2.45, 2.75) is 27.2 Å². The van der Waals surface area contributed by atoms with Crippen LogP contribution >= 0.6 is 0 Å². The molecule has 0 aromatic rings. The first-order valence-corrected chi connectivity index (χ1v) is 4.50. The molecule has 78 valence electrons. The Hall–Kier alpha value is -1.45. The van der Waals surface area contributed by atoms with Crippen LogP contribution in [0.2, 0.25) is 0 Å². The number of aliphatic imine (C=N–C) groups is 1. The van der Waals surface area contributed by atoms with E-state index in [-0.39, 0.29) is 17.4 Å². The largest absolute Gasteiger partial charge is 0.477 e. The summed E-state index contributed by atoms with van der Waals surface area (Å²) in [6.45, 7) is 5.24. The zero-order valence-corrected chi connectivity index (χ0v) is 8.65. The van der Waals surface area contributed by atoms with Crippen LogP contribution in [0.4, 0.5) is 0 Å². The number of carboxylic acid groups (broad SMARTS) is 1. The number of carbonyl (C=O) groups is 2. The molecule has 0 aliphatic carbocycles. The highest BCUT2D eigenvalue weighted by Crippen LogP contribution is 2.01. The second-order valence-electron chi connectivity index (χ2n) is 2.95. The Kier molecular flexibility index (Phi) is 5.44. The molecule has 14 heavy (non-hydrogen) atoms. The third-order valence-corrected chi connectivity index (χ3v) is 1.92. The smallest absolute Gasteiger partial charge is 0.354 e. The van der Waals surface area contributed by atoms with Gasteiger partial charge in [-0.1, -0.05) is 19.9 Å². The number of nitrogens with zero attached hydrogens (tertiary/aromatic N) is 1. The second kappa shape index (κ2) is 6.07. The van der Waals surface area contributed by atoms with E-state index >= 15 is 0 Å².